The topological polar surface area (TPSA) is 29.4 Å². The van der Waals surface area contributed by atoms with E-state index in [2.05, 4.69) is 4.40 Å². The normalized spacial score (nSPS) is 15.4. The molecule has 2 nitrogen and oxygen atoms in total. The van der Waals surface area contributed by atoms with Crippen molar-refractivity contribution in [2.24, 2.45) is 4.40 Å². The molecule has 106 valence electrons. The van der Waals surface area contributed by atoms with Gasteiger partial charge in [0.1, 0.15) is 11.0 Å². The van der Waals surface area contributed by atoms with Crippen LogP contribution in [-0.2, 0) is 17.2 Å². The van der Waals surface area contributed by atoms with Crippen molar-refractivity contribution in [2.75, 3.05) is 0 Å². The quantitative estimate of drug-likeness (QED) is 0.758. The summed E-state index contributed by atoms with van der Waals surface area (Å²) in [5.74, 6) is 0. The van der Waals surface area contributed by atoms with Crippen molar-refractivity contribution in [1.29, 1.82) is 0 Å². The molecule has 0 aliphatic heterocycles. The molecule has 0 spiro atoms. The molecule has 19 heavy (non-hydrogen) atoms. The maximum absolute atomic E-state index is 12.6. The Morgan fingerprint density at radius 2 is 1.79 bits per heavy atom. The standard InChI is InChI=1S/C13H16F3NOS/c1-9(17-19(18)12(2,3)4)10-6-5-7-11(8-10)13(14,15)16/h5-8H,1-4H3. The fourth-order valence-electron chi connectivity index (χ4n) is 1.23. The lowest BCUT2D eigenvalue weighted by Crippen LogP contribution is -2.20. The van der Waals surface area contributed by atoms with Crippen LogP contribution in [0.3, 0.4) is 0 Å². The molecule has 0 amide bonds. The molecule has 1 unspecified atom stereocenters. The minimum Gasteiger partial charge on any atom is -0.234 e. The van der Waals surface area contributed by atoms with Crippen LogP contribution in [0.25, 0.3) is 0 Å². The number of hydrogen-bond acceptors (Lipinski definition) is 1. The molecule has 0 radical (unpaired) electrons. The van der Waals surface area contributed by atoms with E-state index < -0.39 is 27.5 Å². The Balaban J connectivity index is 3.11. The Bertz CT molecular complexity index is 515. The zero-order valence-corrected chi connectivity index (χ0v) is 12.0. The maximum atomic E-state index is 12.6. The van der Waals surface area contributed by atoms with Crippen molar-refractivity contribution in [2.45, 2.75) is 38.6 Å². The predicted octanol–water partition coefficient (Wildman–Crippen LogP) is 3.98. The first-order valence-electron chi connectivity index (χ1n) is 5.67. The van der Waals surface area contributed by atoms with E-state index in [1.165, 1.54) is 12.1 Å². The van der Waals surface area contributed by atoms with Crippen LogP contribution in [0.1, 0.15) is 38.8 Å². The third kappa shape index (κ3) is 4.45. The lowest BCUT2D eigenvalue weighted by Gasteiger charge is -2.14. The van der Waals surface area contributed by atoms with Crippen LogP contribution in [0.4, 0.5) is 13.2 Å². The van der Waals surface area contributed by atoms with E-state index in [4.69, 9.17) is 0 Å². The van der Waals surface area contributed by atoms with Gasteiger partial charge in [0, 0.05) is 0 Å². The molecule has 1 aromatic carbocycles. The van der Waals surface area contributed by atoms with Gasteiger partial charge in [-0.05, 0) is 45.4 Å². The number of alkyl halides is 3. The first kappa shape index (κ1) is 15.9. The Labute approximate surface area is 113 Å². The molecule has 0 heterocycles. The molecular weight excluding hydrogens is 275 g/mol. The number of nitrogens with zero attached hydrogens (tertiary/aromatic N) is 1. The average molecular weight is 291 g/mol. The van der Waals surface area contributed by atoms with Gasteiger partial charge in [-0.2, -0.15) is 17.6 Å². The third-order valence-electron chi connectivity index (χ3n) is 2.35. The van der Waals surface area contributed by atoms with Gasteiger partial charge in [-0.3, -0.25) is 0 Å². The van der Waals surface area contributed by atoms with Gasteiger partial charge in [0.2, 0.25) is 0 Å². The number of halogens is 3. The monoisotopic (exact) mass is 291 g/mol. The van der Waals surface area contributed by atoms with Crippen molar-refractivity contribution >= 4 is 16.7 Å². The Morgan fingerprint density at radius 3 is 2.26 bits per heavy atom. The zero-order valence-electron chi connectivity index (χ0n) is 11.2. The molecule has 0 bridgehead atoms. The van der Waals surface area contributed by atoms with E-state index in [0.29, 0.717) is 11.3 Å². The van der Waals surface area contributed by atoms with Crippen molar-refractivity contribution in [3.63, 3.8) is 0 Å². The highest BCUT2D eigenvalue weighted by molar-refractivity contribution is 7.85. The highest BCUT2D eigenvalue weighted by atomic mass is 32.2. The number of benzene rings is 1. The molecule has 6 heteroatoms. The highest BCUT2D eigenvalue weighted by Crippen LogP contribution is 2.29. The summed E-state index contributed by atoms with van der Waals surface area (Å²) in [5, 5.41) is 0. The molecule has 0 saturated carbocycles. The zero-order chi connectivity index (χ0) is 14.8. The second-order valence-corrected chi connectivity index (χ2v) is 7.02. The van der Waals surface area contributed by atoms with Crippen LogP contribution < -0.4 is 0 Å². The SMILES string of the molecule is CC(=NS(=O)C(C)(C)C)c1cccc(C(F)(F)F)c1. The molecule has 1 atom stereocenters. The summed E-state index contributed by atoms with van der Waals surface area (Å²) in [6, 6.07) is 4.85. The van der Waals surface area contributed by atoms with Crippen molar-refractivity contribution in [3.05, 3.63) is 35.4 Å². The molecule has 0 saturated heterocycles. The summed E-state index contributed by atoms with van der Waals surface area (Å²) in [4.78, 5) is 0. The van der Waals surface area contributed by atoms with Gasteiger partial charge in [0.25, 0.3) is 0 Å². The van der Waals surface area contributed by atoms with Gasteiger partial charge in [-0.25, -0.2) is 4.21 Å². The summed E-state index contributed by atoms with van der Waals surface area (Å²) in [5.41, 5.74) is -0.0760. The molecular formula is C13H16F3NOS. The van der Waals surface area contributed by atoms with Gasteiger partial charge < -0.3 is 0 Å². The third-order valence-corrected chi connectivity index (χ3v) is 3.84. The minimum absolute atomic E-state index is 0.326. The smallest absolute Gasteiger partial charge is 0.234 e. The lowest BCUT2D eigenvalue weighted by atomic mass is 10.1. The number of hydrogen-bond donors (Lipinski definition) is 0. The Morgan fingerprint density at radius 1 is 1.21 bits per heavy atom. The van der Waals surface area contributed by atoms with Gasteiger partial charge in [0.15, 0.2) is 0 Å². The predicted molar refractivity (Wildman–Crippen MR) is 71.6 cm³/mol. The van der Waals surface area contributed by atoms with Gasteiger partial charge in [0.05, 0.1) is 16.0 Å². The average Bonchev–Trinajstić information content (AvgIpc) is 2.26. The Hall–Kier alpha value is -1.17. The van der Waals surface area contributed by atoms with Crippen LogP contribution in [-0.4, -0.2) is 14.7 Å². The fourth-order valence-corrected chi connectivity index (χ4v) is 1.86. The van der Waals surface area contributed by atoms with Gasteiger partial charge in [-0.1, -0.05) is 12.1 Å². The van der Waals surface area contributed by atoms with E-state index in [9.17, 15) is 17.4 Å². The minimum atomic E-state index is -4.39. The summed E-state index contributed by atoms with van der Waals surface area (Å²) in [7, 11) is -1.49. The van der Waals surface area contributed by atoms with Crippen LogP contribution in [0.5, 0.6) is 0 Å². The van der Waals surface area contributed by atoms with Gasteiger partial charge >= 0.3 is 6.18 Å². The Kier molecular flexibility index (Phi) is 4.55. The molecule has 1 aromatic rings. The van der Waals surface area contributed by atoms with E-state index in [1.807, 2.05) is 0 Å². The second kappa shape index (κ2) is 5.45. The van der Waals surface area contributed by atoms with Crippen LogP contribution in [0.15, 0.2) is 28.7 Å². The van der Waals surface area contributed by atoms with E-state index in [0.717, 1.165) is 12.1 Å². The fraction of sp³-hybridized carbons (Fsp3) is 0.462. The first-order valence-corrected chi connectivity index (χ1v) is 6.77. The van der Waals surface area contributed by atoms with Crippen molar-refractivity contribution in [3.8, 4) is 0 Å². The van der Waals surface area contributed by atoms with E-state index in [-0.39, 0.29) is 0 Å². The highest BCUT2D eigenvalue weighted by Gasteiger charge is 2.30. The molecule has 0 N–H and O–H groups in total. The molecule has 0 fully saturated rings. The summed E-state index contributed by atoms with van der Waals surface area (Å²) < 4.78 is 53.0. The summed E-state index contributed by atoms with van der Waals surface area (Å²) in [6.07, 6.45) is -4.39. The van der Waals surface area contributed by atoms with E-state index in [1.54, 1.807) is 27.7 Å². The molecule has 0 aliphatic carbocycles. The summed E-state index contributed by atoms with van der Waals surface area (Å²) in [6.45, 7) is 6.82. The van der Waals surface area contributed by atoms with Crippen molar-refractivity contribution in [1.82, 2.24) is 0 Å². The van der Waals surface area contributed by atoms with Gasteiger partial charge in [-0.15, -0.1) is 0 Å². The molecule has 0 aliphatic rings. The second-order valence-electron chi connectivity index (χ2n) is 5.12. The molecule has 0 aromatic heterocycles. The van der Waals surface area contributed by atoms with E-state index >= 15 is 0 Å². The van der Waals surface area contributed by atoms with Crippen LogP contribution in [0.2, 0.25) is 0 Å². The van der Waals surface area contributed by atoms with Crippen LogP contribution >= 0.6 is 0 Å². The maximum Gasteiger partial charge on any atom is 0.416 e. The van der Waals surface area contributed by atoms with Crippen molar-refractivity contribution < 1.29 is 17.4 Å². The number of rotatable bonds is 2. The molecule has 1 rings (SSSR count). The van der Waals surface area contributed by atoms with Crippen LogP contribution in [0, 0.1) is 0 Å². The lowest BCUT2D eigenvalue weighted by molar-refractivity contribution is -0.137. The first-order chi connectivity index (χ1) is 8.51. The largest absolute Gasteiger partial charge is 0.416 e. The summed E-state index contributed by atoms with van der Waals surface area (Å²) >= 11 is 0.